The number of nitrogens with one attached hydrogen (secondary N) is 1. The molecule has 0 radical (unpaired) electrons. The smallest absolute Gasteiger partial charge is 0.349 e. The Bertz CT molecular complexity index is 761. The van der Waals surface area contributed by atoms with Crippen LogP contribution in [0.15, 0.2) is 18.2 Å². The van der Waals surface area contributed by atoms with Gasteiger partial charge in [0.1, 0.15) is 10.7 Å². The molecule has 1 aromatic carbocycles. The van der Waals surface area contributed by atoms with Crippen LogP contribution in [-0.4, -0.2) is 23.5 Å². The van der Waals surface area contributed by atoms with Crippen molar-refractivity contribution in [2.75, 3.05) is 0 Å². The molecule has 0 aliphatic rings. The minimum atomic E-state index is -0.920. The molecule has 1 amide bonds. The summed E-state index contributed by atoms with van der Waals surface area (Å²) in [7, 11) is 0. The molecule has 1 aromatic heterocycles. The largest absolute Gasteiger partial charge is 0.448 e. The van der Waals surface area contributed by atoms with Crippen LogP contribution in [0.25, 0.3) is 10.1 Å². The van der Waals surface area contributed by atoms with Gasteiger partial charge in [-0.25, -0.2) is 9.18 Å². The van der Waals surface area contributed by atoms with Gasteiger partial charge in [-0.15, -0.1) is 11.3 Å². The highest BCUT2D eigenvalue weighted by Crippen LogP contribution is 2.33. The average molecular weight is 337 g/mol. The molecule has 2 aromatic rings. The maximum Gasteiger partial charge on any atom is 0.349 e. The lowest BCUT2D eigenvalue weighted by Crippen LogP contribution is -2.46. The van der Waals surface area contributed by atoms with E-state index < -0.39 is 17.6 Å². The Balaban J connectivity index is 2.20. The highest BCUT2D eigenvalue weighted by atomic mass is 32.1. The topological polar surface area (TPSA) is 55.4 Å². The van der Waals surface area contributed by atoms with E-state index in [1.54, 1.807) is 19.1 Å². The van der Waals surface area contributed by atoms with E-state index in [1.807, 2.05) is 20.8 Å². The molecule has 1 heterocycles. The zero-order valence-corrected chi connectivity index (χ0v) is 14.6. The van der Waals surface area contributed by atoms with Crippen molar-refractivity contribution in [1.82, 2.24) is 5.32 Å². The van der Waals surface area contributed by atoms with Crippen molar-refractivity contribution in [2.45, 2.75) is 46.3 Å². The Morgan fingerprint density at radius 3 is 2.52 bits per heavy atom. The van der Waals surface area contributed by atoms with Crippen LogP contribution in [0.5, 0.6) is 0 Å². The van der Waals surface area contributed by atoms with Crippen LogP contribution >= 0.6 is 11.3 Å². The highest BCUT2D eigenvalue weighted by Gasteiger charge is 2.25. The second kappa shape index (κ2) is 6.28. The molecular formula is C17H20FNO3S. The van der Waals surface area contributed by atoms with Crippen LogP contribution in [0.4, 0.5) is 4.39 Å². The molecule has 0 saturated carbocycles. The maximum atomic E-state index is 13.9. The average Bonchev–Trinajstić information content (AvgIpc) is 2.75. The molecule has 0 fully saturated rings. The van der Waals surface area contributed by atoms with Crippen LogP contribution in [-0.2, 0) is 9.53 Å². The van der Waals surface area contributed by atoms with Gasteiger partial charge in [0.25, 0.3) is 5.91 Å². The van der Waals surface area contributed by atoms with E-state index in [0.29, 0.717) is 20.5 Å². The molecule has 0 aliphatic carbocycles. The Labute approximate surface area is 138 Å². The number of benzene rings is 1. The summed E-state index contributed by atoms with van der Waals surface area (Å²) in [5.74, 6) is -1.34. The lowest BCUT2D eigenvalue weighted by molar-refractivity contribution is -0.130. The molecule has 23 heavy (non-hydrogen) atoms. The van der Waals surface area contributed by atoms with Crippen LogP contribution in [0, 0.1) is 12.7 Å². The molecule has 0 spiro atoms. The van der Waals surface area contributed by atoms with Gasteiger partial charge in [0, 0.05) is 15.6 Å². The second-order valence-electron chi connectivity index (χ2n) is 6.46. The van der Waals surface area contributed by atoms with Crippen molar-refractivity contribution in [3.8, 4) is 0 Å². The lowest BCUT2D eigenvalue weighted by atomic mass is 10.1. The number of thiophene rings is 1. The first kappa shape index (κ1) is 17.4. The Morgan fingerprint density at radius 2 is 1.96 bits per heavy atom. The highest BCUT2D eigenvalue weighted by molar-refractivity contribution is 7.21. The number of aryl methyl sites for hydroxylation is 1. The number of rotatable bonds is 3. The van der Waals surface area contributed by atoms with Crippen LogP contribution < -0.4 is 5.32 Å². The fourth-order valence-electron chi connectivity index (χ4n) is 2.19. The fraction of sp³-hybridized carbons (Fsp3) is 0.412. The van der Waals surface area contributed by atoms with E-state index in [4.69, 9.17) is 4.74 Å². The number of carbonyl (C=O) groups excluding carboxylic acids is 2. The van der Waals surface area contributed by atoms with E-state index >= 15 is 0 Å². The minimum absolute atomic E-state index is 0.320. The Morgan fingerprint density at radius 1 is 1.30 bits per heavy atom. The molecule has 0 unspecified atom stereocenters. The summed E-state index contributed by atoms with van der Waals surface area (Å²) in [6.07, 6.45) is -0.920. The maximum absolute atomic E-state index is 13.9. The summed E-state index contributed by atoms with van der Waals surface area (Å²) >= 11 is 1.17. The number of hydrogen-bond donors (Lipinski definition) is 1. The number of ether oxygens (including phenoxy) is 1. The number of fused-ring (bicyclic) bond motifs is 1. The fourth-order valence-corrected chi connectivity index (χ4v) is 3.29. The molecule has 1 N–H and O–H groups in total. The Kier molecular flexibility index (Phi) is 4.75. The lowest BCUT2D eigenvalue weighted by Gasteiger charge is -2.23. The van der Waals surface area contributed by atoms with Crippen molar-refractivity contribution in [3.05, 3.63) is 34.5 Å². The summed E-state index contributed by atoms with van der Waals surface area (Å²) in [6, 6.07) is 4.71. The summed E-state index contributed by atoms with van der Waals surface area (Å²) in [5.41, 5.74) is 0.130. The van der Waals surface area contributed by atoms with E-state index in [2.05, 4.69) is 5.32 Å². The summed E-state index contributed by atoms with van der Waals surface area (Å²) in [5, 5.41) is 3.18. The molecular weight excluding hydrogens is 317 g/mol. The third kappa shape index (κ3) is 3.88. The summed E-state index contributed by atoms with van der Waals surface area (Å²) in [6.45, 7) is 8.73. The molecule has 0 bridgehead atoms. The van der Waals surface area contributed by atoms with Gasteiger partial charge in [-0.2, -0.15) is 0 Å². The zero-order valence-electron chi connectivity index (χ0n) is 13.8. The van der Waals surface area contributed by atoms with Gasteiger partial charge in [-0.05, 0) is 52.3 Å². The van der Waals surface area contributed by atoms with Crippen molar-refractivity contribution >= 4 is 33.3 Å². The SMILES string of the molecule is Cc1c(C(=O)O[C@@H](C)C(=O)NC(C)(C)C)sc2cccc(F)c12. The minimum Gasteiger partial charge on any atom is -0.448 e. The van der Waals surface area contributed by atoms with Crippen molar-refractivity contribution in [1.29, 1.82) is 0 Å². The van der Waals surface area contributed by atoms with Crippen molar-refractivity contribution < 1.29 is 18.7 Å². The third-order valence-corrected chi connectivity index (χ3v) is 4.48. The predicted molar refractivity (Wildman–Crippen MR) is 89.3 cm³/mol. The van der Waals surface area contributed by atoms with Crippen LogP contribution in [0.1, 0.15) is 42.9 Å². The number of carbonyl (C=O) groups is 2. The standard InChI is InChI=1S/C17H20FNO3S/c1-9-13-11(18)7-6-8-12(13)23-14(9)16(21)22-10(2)15(20)19-17(3,4)5/h6-8,10H,1-5H3,(H,19,20)/t10-/m0/s1. The molecule has 1 atom stereocenters. The number of hydrogen-bond acceptors (Lipinski definition) is 4. The number of amides is 1. The third-order valence-electron chi connectivity index (χ3n) is 3.24. The monoisotopic (exact) mass is 337 g/mol. The van der Waals surface area contributed by atoms with Crippen LogP contribution in [0.3, 0.4) is 0 Å². The van der Waals surface area contributed by atoms with Gasteiger partial charge in [0.05, 0.1) is 0 Å². The normalized spacial score (nSPS) is 13.0. The van der Waals surface area contributed by atoms with Gasteiger partial charge in [-0.3, -0.25) is 4.79 Å². The summed E-state index contributed by atoms with van der Waals surface area (Å²) in [4.78, 5) is 24.6. The van der Waals surface area contributed by atoms with Gasteiger partial charge < -0.3 is 10.1 Å². The van der Waals surface area contributed by atoms with Crippen molar-refractivity contribution in [2.24, 2.45) is 0 Å². The van der Waals surface area contributed by atoms with Crippen LogP contribution in [0.2, 0.25) is 0 Å². The molecule has 0 saturated heterocycles. The summed E-state index contributed by atoms with van der Waals surface area (Å²) < 4.78 is 19.8. The Hall–Kier alpha value is -1.95. The van der Waals surface area contributed by atoms with E-state index in [1.165, 1.54) is 24.3 Å². The first-order valence-electron chi connectivity index (χ1n) is 7.31. The molecule has 4 nitrogen and oxygen atoms in total. The van der Waals surface area contributed by atoms with Gasteiger partial charge in [0.15, 0.2) is 6.10 Å². The van der Waals surface area contributed by atoms with E-state index in [-0.39, 0.29) is 11.7 Å². The van der Waals surface area contributed by atoms with E-state index in [0.717, 1.165) is 0 Å². The predicted octanol–water partition coefficient (Wildman–Crippen LogP) is 3.81. The molecule has 2 rings (SSSR count). The first-order valence-corrected chi connectivity index (χ1v) is 8.12. The quantitative estimate of drug-likeness (QED) is 0.867. The zero-order chi connectivity index (χ0) is 17.4. The second-order valence-corrected chi connectivity index (χ2v) is 7.51. The molecule has 124 valence electrons. The van der Waals surface area contributed by atoms with Crippen molar-refractivity contribution in [3.63, 3.8) is 0 Å². The van der Waals surface area contributed by atoms with E-state index in [9.17, 15) is 14.0 Å². The van der Waals surface area contributed by atoms with Gasteiger partial charge in [0.2, 0.25) is 0 Å². The number of esters is 1. The molecule has 0 aliphatic heterocycles. The number of halogens is 1. The van der Waals surface area contributed by atoms with Gasteiger partial charge in [-0.1, -0.05) is 6.07 Å². The first-order chi connectivity index (χ1) is 10.6. The van der Waals surface area contributed by atoms with Gasteiger partial charge >= 0.3 is 5.97 Å². The molecule has 6 heteroatoms.